The van der Waals surface area contributed by atoms with E-state index in [1.54, 1.807) is 35.5 Å². The second-order valence-corrected chi connectivity index (χ2v) is 7.85. The summed E-state index contributed by atoms with van der Waals surface area (Å²) in [6, 6.07) is 8.14. The Morgan fingerprint density at radius 1 is 0.871 bits per heavy atom. The van der Waals surface area contributed by atoms with Gasteiger partial charge in [0, 0.05) is 32.3 Å². The molecule has 0 amide bonds. The first-order valence-corrected chi connectivity index (χ1v) is 10.4. The normalized spacial score (nSPS) is 21.5. The molecule has 31 heavy (non-hydrogen) atoms. The molecule has 0 N–H and O–H groups in total. The summed E-state index contributed by atoms with van der Waals surface area (Å²) in [4.78, 5) is 0. The average Bonchev–Trinajstić information content (AvgIpc) is 3.26. The topological polar surface area (TPSA) is 64.6 Å². The highest BCUT2D eigenvalue weighted by Crippen LogP contribution is 2.55. The van der Waals surface area contributed by atoms with Crippen molar-refractivity contribution in [2.24, 2.45) is 11.8 Å². The zero-order chi connectivity index (χ0) is 22.0. The lowest BCUT2D eigenvalue weighted by Crippen LogP contribution is -2.36. The smallest absolute Gasteiger partial charge is 0.231 e. The van der Waals surface area contributed by atoms with Crippen molar-refractivity contribution in [1.29, 1.82) is 0 Å². The quantitative estimate of drug-likeness (QED) is 0.633. The fourth-order valence-corrected chi connectivity index (χ4v) is 4.99. The molecule has 0 spiro atoms. The molecule has 0 saturated carbocycles. The Morgan fingerprint density at radius 2 is 1.65 bits per heavy atom. The van der Waals surface area contributed by atoms with Crippen LogP contribution in [0.25, 0.3) is 0 Å². The number of ether oxygens (including phenoxy) is 7. The van der Waals surface area contributed by atoms with Crippen molar-refractivity contribution in [2.75, 3.05) is 55.6 Å². The van der Waals surface area contributed by atoms with Gasteiger partial charge in [0.25, 0.3) is 0 Å². The number of benzene rings is 2. The fraction of sp³-hybridized carbons (Fsp3) is 0.500. The van der Waals surface area contributed by atoms with Gasteiger partial charge in [-0.25, -0.2) is 0 Å². The van der Waals surface area contributed by atoms with E-state index in [9.17, 15) is 0 Å². The Bertz CT molecular complexity index is 927. The predicted octanol–water partition coefficient (Wildman–Crippen LogP) is 3.65. The molecule has 0 fully saturated rings. The third-order valence-corrected chi connectivity index (χ3v) is 6.28. The van der Waals surface area contributed by atoms with Gasteiger partial charge in [-0.15, -0.1) is 0 Å². The van der Waals surface area contributed by atoms with Gasteiger partial charge in [-0.05, 0) is 47.6 Å². The number of hydrogen-bond acceptors (Lipinski definition) is 7. The van der Waals surface area contributed by atoms with E-state index in [4.69, 9.17) is 33.2 Å². The lowest BCUT2D eigenvalue weighted by Gasteiger charge is -2.40. The molecule has 0 aromatic heterocycles. The van der Waals surface area contributed by atoms with Crippen molar-refractivity contribution in [3.05, 3.63) is 41.0 Å². The first-order chi connectivity index (χ1) is 15.2. The van der Waals surface area contributed by atoms with Crippen LogP contribution in [0, 0.1) is 11.8 Å². The molecule has 2 aromatic carbocycles. The van der Waals surface area contributed by atoms with E-state index in [0.29, 0.717) is 30.5 Å². The van der Waals surface area contributed by atoms with Gasteiger partial charge in [0.2, 0.25) is 12.5 Å². The predicted molar refractivity (Wildman–Crippen MR) is 115 cm³/mol. The molecule has 1 heterocycles. The van der Waals surface area contributed by atoms with E-state index in [0.717, 1.165) is 29.0 Å². The Morgan fingerprint density at radius 3 is 2.32 bits per heavy atom. The molecule has 1 aliphatic carbocycles. The van der Waals surface area contributed by atoms with Gasteiger partial charge < -0.3 is 33.2 Å². The molecule has 0 saturated heterocycles. The summed E-state index contributed by atoms with van der Waals surface area (Å²) in [6.45, 7) is 1.41. The van der Waals surface area contributed by atoms with Crippen LogP contribution in [-0.2, 0) is 15.9 Å². The zero-order valence-electron chi connectivity index (χ0n) is 18.7. The standard InChI is InChI=1S/C24H30O7/c1-25-11-16-8-15-10-20-23(31-13-30-20)24(29-5)22(15)21(17(16)12-26-2)14-6-7-18(27-3)19(9-14)28-4/h6-7,9-10,16-17,21H,8,11-13H2,1-5H3/t16-,17+,21+/m0/s1. The second-order valence-electron chi connectivity index (χ2n) is 7.85. The van der Waals surface area contributed by atoms with Crippen molar-refractivity contribution in [2.45, 2.75) is 12.3 Å². The van der Waals surface area contributed by atoms with E-state index >= 15 is 0 Å². The van der Waals surface area contributed by atoms with Crippen molar-refractivity contribution in [1.82, 2.24) is 0 Å². The highest BCUT2D eigenvalue weighted by atomic mass is 16.7. The highest BCUT2D eigenvalue weighted by molar-refractivity contribution is 5.64. The van der Waals surface area contributed by atoms with E-state index < -0.39 is 0 Å². The van der Waals surface area contributed by atoms with Gasteiger partial charge in [0.05, 0.1) is 27.9 Å². The maximum Gasteiger partial charge on any atom is 0.231 e. The van der Waals surface area contributed by atoms with Crippen LogP contribution in [0.3, 0.4) is 0 Å². The molecule has 2 aliphatic rings. The molecule has 0 bridgehead atoms. The van der Waals surface area contributed by atoms with Crippen molar-refractivity contribution >= 4 is 0 Å². The largest absolute Gasteiger partial charge is 0.493 e. The number of rotatable bonds is 8. The highest BCUT2D eigenvalue weighted by Gasteiger charge is 2.42. The van der Waals surface area contributed by atoms with Crippen LogP contribution in [0.5, 0.6) is 28.7 Å². The Kier molecular flexibility index (Phi) is 6.43. The van der Waals surface area contributed by atoms with Crippen LogP contribution in [0.1, 0.15) is 22.6 Å². The molecule has 2 aromatic rings. The molecule has 7 heteroatoms. The molecular formula is C24H30O7. The van der Waals surface area contributed by atoms with E-state index in [2.05, 4.69) is 12.1 Å². The SMILES string of the molecule is COC[C@@H]1Cc2cc3c(c(OC)c2[C@H](c2ccc(OC)c(OC)c2)[C@@H]1COC)OCO3. The Hall–Kier alpha value is -2.64. The maximum absolute atomic E-state index is 5.90. The molecule has 7 nitrogen and oxygen atoms in total. The monoisotopic (exact) mass is 430 g/mol. The fourth-order valence-electron chi connectivity index (χ4n) is 4.99. The molecule has 1 aliphatic heterocycles. The van der Waals surface area contributed by atoms with Crippen molar-refractivity contribution in [3.63, 3.8) is 0 Å². The first-order valence-electron chi connectivity index (χ1n) is 10.4. The Labute approximate surface area is 183 Å². The van der Waals surface area contributed by atoms with E-state index in [1.165, 1.54) is 5.56 Å². The van der Waals surface area contributed by atoms with Crippen molar-refractivity contribution in [3.8, 4) is 28.7 Å². The minimum Gasteiger partial charge on any atom is -0.493 e. The lowest BCUT2D eigenvalue weighted by molar-refractivity contribution is 0.0560. The van der Waals surface area contributed by atoms with Crippen molar-refractivity contribution < 1.29 is 33.2 Å². The number of methoxy groups -OCH3 is 5. The van der Waals surface area contributed by atoms with Crippen LogP contribution in [0.4, 0.5) is 0 Å². The van der Waals surface area contributed by atoms with Gasteiger partial charge in [0.15, 0.2) is 23.0 Å². The first kappa shape index (κ1) is 21.6. The maximum atomic E-state index is 5.90. The third-order valence-electron chi connectivity index (χ3n) is 6.28. The summed E-state index contributed by atoms with van der Waals surface area (Å²) in [5.41, 5.74) is 3.38. The summed E-state index contributed by atoms with van der Waals surface area (Å²) in [7, 11) is 8.44. The van der Waals surface area contributed by atoms with Crippen LogP contribution < -0.4 is 23.7 Å². The molecular weight excluding hydrogens is 400 g/mol. The molecule has 4 rings (SSSR count). The van der Waals surface area contributed by atoms with E-state index in [1.807, 2.05) is 12.1 Å². The minimum atomic E-state index is -0.00638. The van der Waals surface area contributed by atoms with Crippen LogP contribution in [0.2, 0.25) is 0 Å². The van der Waals surface area contributed by atoms with Gasteiger partial charge in [-0.3, -0.25) is 0 Å². The van der Waals surface area contributed by atoms with Crippen LogP contribution in [-0.4, -0.2) is 55.6 Å². The van der Waals surface area contributed by atoms with Gasteiger partial charge >= 0.3 is 0 Å². The van der Waals surface area contributed by atoms with Gasteiger partial charge in [0.1, 0.15) is 0 Å². The Balaban J connectivity index is 1.94. The van der Waals surface area contributed by atoms with Crippen LogP contribution >= 0.6 is 0 Å². The van der Waals surface area contributed by atoms with Gasteiger partial charge in [-0.1, -0.05) is 6.07 Å². The minimum absolute atomic E-state index is 0.00638. The second kappa shape index (κ2) is 9.24. The summed E-state index contributed by atoms with van der Waals surface area (Å²) in [5.74, 6) is 3.92. The van der Waals surface area contributed by atoms with Crippen LogP contribution in [0.15, 0.2) is 24.3 Å². The molecule has 0 radical (unpaired) electrons. The number of fused-ring (bicyclic) bond motifs is 2. The average molecular weight is 430 g/mol. The summed E-state index contributed by atoms with van der Waals surface area (Å²) in [6.07, 6.45) is 0.841. The third kappa shape index (κ3) is 3.77. The molecule has 3 atom stereocenters. The van der Waals surface area contributed by atoms with E-state index in [-0.39, 0.29) is 24.5 Å². The number of hydrogen-bond donors (Lipinski definition) is 0. The zero-order valence-corrected chi connectivity index (χ0v) is 18.7. The lowest BCUT2D eigenvalue weighted by atomic mass is 9.66. The molecule has 168 valence electrons. The summed E-state index contributed by atoms with van der Waals surface area (Å²) >= 11 is 0. The summed E-state index contributed by atoms with van der Waals surface area (Å²) in [5, 5.41) is 0. The molecule has 0 unspecified atom stereocenters. The van der Waals surface area contributed by atoms with Gasteiger partial charge in [-0.2, -0.15) is 0 Å². The summed E-state index contributed by atoms with van der Waals surface area (Å²) < 4.78 is 39.7.